The van der Waals surface area contributed by atoms with Gasteiger partial charge in [-0.1, -0.05) is 23.7 Å². The molecule has 0 bridgehead atoms. The number of carbonyl (C=O) groups is 2. The van der Waals surface area contributed by atoms with E-state index in [1.165, 1.54) is 37.6 Å². The maximum atomic E-state index is 12.6. The number of pyridine rings is 2. The fourth-order valence-corrected chi connectivity index (χ4v) is 2.74. The van der Waals surface area contributed by atoms with Crippen molar-refractivity contribution in [2.75, 3.05) is 19.0 Å². The minimum atomic E-state index is -4.54. The van der Waals surface area contributed by atoms with Crippen molar-refractivity contribution in [1.29, 1.82) is 0 Å². The summed E-state index contributed by atoms with van der Waals surface area (Å²) in [4.78, 5) is 31.9. The Bertz CT molecular complexity index is 1120. The molecule has 2 heterocycles. The number of carbonyl (C=O) groups excluding carboxylic acids is 2. The van der Waals surface area contributed by atoms with Crippen molar-refractivity contribution in [2.24, 2.45) is 0 Å². The van der Waals surface area contributed by atoms with E-state index in [2.05, 4.69) is 20.6 Å². The zero-order chi connectivity index (χ0) is 23.3. The van der Waals surface area contributed by atoms with Gasteiger partial charge in [0.1, 0.15) is 5.69 Å². The van der Waals surface area contributed by atoms with E-state index in [9.17, 15) is 22.8 Å². The molecular formula is C21H16ClF3N4O3. The number of hydrogen-bond acceptors (Lipinski definition) is 5. The quantitative estimate of drug-likeness (QED) is 0.565. The minimum absolute atomic E-state index is 0.141. The average molecular weight is 465 g/mol. The lowest BCUT2D eigenvalue weighted by Crippen LogP contribution is -2.20. The number of anilines is 1. The third-order valence-corrected chi connectivity index (χ3v) is 4.37. The fourth-order valence-electron chi connectivity index (χ4n) is 2.62. The van der Waals surface area contributed by atoms with E-state index < -0.39 is 24.6 Å². The van der Waals surface area contributed by atoms with Gasteiger partial charge in [-0.05, 0) is 35.9 Å². The van der Waals surface area contributed by atoms with E-state index in [-0.39, 0.29) is 28.4 Å². The van der Waals surface area contributed by atoms with Crippen LogP contribution < -0.4 is 15.4 Å². The van der Waals surface area contributed by atoms with Gasteiger partial charge >= 0.3 is 6.18 Å². The zero-order valence-electron chi connectivity index (χ0n) is 16.5. The Morgan fingerprint density at radius 1 is 1.03 bits per heavy atom. The van der Waals surface area contributed by atoms with Gasteiger partial charge in [0.2, 0.25) is 5.88 Å². The summed E-state index contributed by atoms with van der Waals surface area (Å²) in [5, 5.41) is 5.46. The number of rotatable bonds is 6. The lowest BCUT2D eigenvalue weighted by Gasteiger charge is -2.14. The normalized spacial score (nSPS) is 11.0. The van der Waals surface area contributed by atoms with Crippen LogP contribution in [0.5, 0.6) is 5.88 Å². The predicted molar refractivity (Wildman–Crippen MR) is 112 cm³/mol. The number of ether oxygens (including phenoxy) is 1. The minimum Gasteiger partial charge on any atom is -0.468 e. The van der Waals surface area contributed by atoms with Gasteiger partial charge in [0.05, 0.1) is 17.4 Å². The van der Waals surface area contributed by atoms with Gasteiger partial charge in [-0.25, -0.2) is 4.98 Å². The highest BCUT2D eigenvalue weighted by atomic mass is 35.5. The number of hydrogen-bond donors (Lipinski definition) is 2. The Morgan fingerprint density at radius 3 is 2.34 bits per heavy atom. The SMILES string of the molecule is CNC(=O)c1ccc(C(=O)Nc2cnc(OCC(F)(F)F)c(-c3ccc(Cl)cc3)c2)cn1. The largest absolute Gasteiger partial charge is 0.468 e. The van der Waals surface area contributed by atoms with E-state index in [0.717, 1.165) is 0 Å². The summed E-state index contributed by atoms with van der Waals surface area (Å²) in [6, 6.07) is 10.6. The maximum absolute atomic E-state index is 12.6. The number of amides is 2. The molecule has 0 saturated carbocycles. The molecule has 0 unspecified atom stereocenters. The van der Waals surface area contributed by atoms with Gasteiger partial charge in [-0.15, -0.1) is 0 Å². The molecule has 0 aliphatic heterocycles. The third-order valence-electron chi connectivity index (χ3n) is 4.12. The Labute approximate surface area is 185 Å². The smallest absolute Gasteiger partial charge is 0.422 e. The molecular weight excluding hydrogens is 449 g/mol. The highest BCUT2D eigenvalue weighted by Gasteiger charge is 2.29. The van der Waals surface area contributed by atoms with E-state index in [0.29, 0.717) is 10.6 Å². The fraction of sp³-hybridized carbons (Fsp3) is 0.143. The molecule has 166 valence electrons. The van der Waals surface area contributed by atoms with E-state index >= 15 is 0 Å². The molecule has 1 aromatic carbocycles. The number of nitrogens with zero attached hydrogens (tertiary/aromatic N) is 2. The molecule has 0 radical (unpaired) electrons. The van der Waals surface area contributed by atoms with Crippen molar-refractivity contribution < 1.29 is 27.5 Å². The van der Waals surface area contributed by atoms with Crippen LogP contribution in [0.4, 0.5) is 18.9 Å². The van der Waals surface area contributed by atoms with Crippen molar-refractivity contribution in [3.63, 3.8) is 0 Å². The van der Waals surface area contributed by atoms with E-state index in [4.69, 9.17) is 16.3 Å². The van der Waals surface area contributed by atoms with Gasteiger partial charge in [-0.2, -0.15) is 13.2 Å². The van der Waals surface area contributed by atoms with Crippen LogP contribution >= 0.6 is 11.6 Å². The number of benzene rings is 1. The average Bonchev–Trinajstić information content (AvgIpc) is 2.77. The van der Waals surface area contributed by atoms with Crippen LogP contribution in [0.2, 0.25) is 5.02 Å². The van der Waals surface area contributed by atoms with Crippen LogP contribution in [-0.2, 0) is 0 Å². The second-order valence-electron chi connectivity index (χ2n) is 6.45. The number of halogens is 4. The van der Waals surface area contributed by atoms with Crippen molar-refractivity contribution in [3.8, 4) is 17.0 Å². The number of nitrogens with one attached hydrogen (secondary N) is 2. The second kappa shape index (κ2) is 9.65. The van der Waals surface area contributed by atoms with Gasteiger partial charge in [0, 0.05) is 23.8 Å². The lowest BCUT2D eigenvalue weighted by atomic mass is 10.1. The highest BCUT2D eigenvalue weighted by molar-refractivity contribution is 6.30. The summed E-state index contributed by atoms with van der Waals surface area (Å²) in [5.41, 5.74) is 1.25. The second-order valence-corrected chi connectivity index (χ2v) is 6.89. The number of alkyl halides is 3. The Kier molecular flexibility index (Phi) is 6.94. The van der Waals surface area contributed by atoms with Crippen LogP contribution in [-0.4, -0.2) is 41.6 Å². The zero-order valence-corrected chi connectivity index (χ0v) is 17.3. The number of aromatic nitrogens is 2. The molecule has 2 N–H and O–H groups in total. The van der Waals surface area contributed by atoms with Gasteiger partial charge in [-0.3, -0.25) is 14.6 Å². The summed E-state index contributed by atoms with van der Waals surface area (Å²) in [7, 11) is 1.46. The van der Waals surface area contributed by atoms with Crippen LogP contribution in [0.15, 0.2) is 54.9 Å². The predicted octanol–water partition coefficient (Wildman–Crippen LogP) is 4.35. The van der Waals surface area contributed by atoms with Crippen molar-refractivity contribution in [2.45, 2.75) is 6.18 Å². The molecule has 3 rings (SSSR count). The van der Waals surface area contributed by atoms with Gasteiger partial charge in [0.25, 0.3) is 11.8 Å². The first-order chi connectivity index (χ1) is 15.2. The molecule has 0 atom stereocenters. The molecule has 3 aromatic rings. The molecule has 7 nitrogen and oxygen atoms in total. The summed E-state index contributed by atoms with van der Waals surface area (Å²) in [6.45, 7) is -1.52. The summed E-state index contributed by atoms with van der Waals surface area (Å²) < 4.78 is 42.7. The van der Waals surface area contributed by atoms with Crippen molar-refractivity contribution in [1.82, 2.24) is 15.3 Å². The first-order valence-electron chi connectivity index (χ1n) is 9.11. The van der Waals surface area contributed by atoms with E-state index in [1.54, 1.807) is 24.3 Å². The molecule has 2 amide bonds. The van der Waals surface area contributed by atoms with E-state index in [1.807, 2.05) is 0 Å². The van der Waals surface area contributed by atoms with Crippen LogP contribution in [0, 0.1) is 0 Å². The van der Waals surface area contributed by atoms with Gasteiger partial charge < -0.3 is 15.4 Å². The Morgan fingerprint density at radius 2 is 1.75 bits per heavy atom. The van der Waals surface area contributed by atoms with Crippen molar-refractivity contribution >= 4 is 29.1 Å². The Hall–Kier alpha value is -3.66. The molecule has 32 heavy (non-hydrogen) atoms. The third kappa shape index (κ3) is 5.94. The summed E-state index contributed by atoms with van der Waals surface area (Å²) in [6.07, 6.45) is -2.14. The standard InChI is InChI=1S/C21H16ClF3N4O3/c1-26-19(31)17-7-4-13(9-27-17)18(30)29-15-8-16(12-2-5-14(22)6-3-12)20(28-10-15)32-11-21(23,24)25/h2-10H,11H2,1H3,(H,26,31)(H,29,30). The Balaban J connectivity index is 1.86. The maximum Gasteiger partial charge on any atom is 0.422 e. The van der Waals surface area contributed by atoms with Crippen LogP contribution in [0.25, 0.3) is 11.1 Å². The van der Waals surface area contributed by atoms with Crippen molar-refractivity contribution in [3.05, 3.63) is 71.1 Å². The molecule has 0 spiro atoms. The topological polar surface area (TPSA) is 93.2 Å². The molecule has 11 heteroatoms. The molecule has 0 aliphatic rings. The molecule has 0 fully saturated rings. The molecule has 0 aliphatic carbocycles. The molecule has 0 saturated heterocycles. The van der Waals surface area contributed by atoms with Crippen LogP contribution in [0.3, 0.4) is 0 Å². The summed E-state index contributed by atoms with van der Waals surface area (Å²) >= 11 is 5.88. The first-order valence-corrected chi connectivity index (χ1v) is 9.49. The monoisotopic (exact) mass is 464 g/mol. The lowest BCUT2D eigenvalue weighted by molar-refractivity contribution is -0.154. The summed E-state index contributed by atoms with van der Waals surface area (Å²) in [5.74, 6) is -1.20. The van der Waals surface area contributed by atoms with Gasteiger partial charge in [0.15, 0.2) is 6.61 Å². The molecule has 2 aromatic heterocycles. The first kappa shape index (κ1) is 23.0. The highest BCUT2D eigenvalue weighted by Crippen LogP contribution is 2.32. The van der Waals surface area contributed by atoms with Crippen LogP contribution in [0.1, 0.15) is 20.8 Å².